The molecule has 6 heteroatoms. The fourth-order valence-electron chi connectivity index (χ4n) is 5.69. The molecule has 1 N–H and O–H groups in total. The molecule has 0 unspecified atom stereocenters. The van der Waals surface area contributed by atoms with Crippen molar-refractivity contribution in [3.05, 3.63) is 59.7 Å². The maximum atomic E-state index is 13.7. The van der Waals surface area contributed by atoms with Gasteiger partial charge in [-0.2, -0.15) is 0 Å². The summed E-state index contributed by atoms with van der Waals surface area (Å²) in [5, 5.41) is 3.01. The first-order chi connectivity index (χ1) is 14.4. The minimum absolute atomic E-state index is 0.0137. The summed E-state index contributed by atoms with van der Waals surface area (Å²) < 4.78 is 0. The topological polar surface area (TPSA) is 69.7 Å². The molecule has 0 aliphatic carbocycles. The molecule has 0 aromatic heterocycles. The fourth-order valence-corrected chi connectivity index (χ4v) is 5.69. The van der Waals surface area contributed by atoms with Gasteiger partial charge in [0.15, 0.2) is 5.78 Å². The Balaban J connectivity index is 1.54. The van der Waals surface area contributed by atoms with E-state index in [4.69, 9.17) is 0 Å². The summed E-state index contributed by atoms with van der Waals surface area (Å²) in [6.07, 6.45) is 2.73. The van der Waals surface area contributed by atoms with Gasteiger partial charge in [0.2, 0.25) is 5.91 Å². The number of hydrogen-bond acceptors (Lipinski definition) is 4. The van der Waals surface area contributed by atoms with E-state index in [1.54, 1.807) is 36.2 Å². The second-order valence-electron chi connectivity index (χ2n) is 8.55. The molecule has 3 aliphatic rings. The Bertz CT molecular complexity index is 1050. The predicted octanol–water partition coefficient (Wildman–Crippen LogP) is 3.18. The van der Waals surface area contributed by atoms with E-state index in [0.29, 0.717) is 17.7 Å². The number of likely N-dealkylation sites (N-methyl/N-ethyl adjacent to an activating group) is 1. The number of nitrogens with one attached hydrogen (secondary N) is 1. The second-order valence-corrected chi connectivity index (χ2v) is 8.55. The molecular formula is C24H25N3O3. The van der Waals surface area contributed by atoms with Crippen LogP contribution in [-0.2, 0) is 15.1 Å². The number of anilines is 2. The molecule has 5 rings (SSSR count). The number of fused-ring (bicyclic) bond motifs is 4. The van der Waals surface area contributed by atoms with Crippen molar-refractivity contribution in [1.82, 2.24) is 4.90 Å². The highest BCUT2D eigenvalue weighted by Crippen LogP contribution is 2.56. The number of ketones is 1. The molecular weight excluding hydrogens is 378 g/mol. The molecule has 3 heterocycles. The highest BCUT2D eigenvalue weighted by atomic mass is 16.2. The lowest BCUT2D eigenvalue weighted by molar-refractivity contribution is -0.136. The Hall–Kier alpha value is -2.99. The van der Waals surface area contributed by atoms with Crippen LogP contribution in [0.15, 0.2) is 48.5 Å². The second kappa shape index (κ2) is 6.77. The fraction of sp³-hybridized carbons (Fsp3) is 0.375. The lowest BCUT2D eigenvalue weighted by Crippen LogP contribution is -2.55. The summed E-state index contributed by atoms with van der Waals surface area (Å²) in [4.78, 5) is 42.7. The molecule has 2 fully saturated rings. The van der Waals surface area contributed by atoms with Crippen LogP contribution in [0.1, 0.15) is 42.1 Å². The summed E-state index contributed by atoms with van der Waals surface area (Å²) in [6.45, 7) is 2.35. The van der Waals surface area contributed by atoms with Crippen LogP contribution in [0.5, 0.6) is 0 Å². The van der Waals surface area contributed by atoms with Crippen LogP contribution in [0.4, 0.5) is 11.4 Å². The molecule has 2 saturated heterocycles. The van der Waals surface area contributed by atoms with Crippen LogP contribution >= 0.6 is 0 Å². The smallest absolute Gasteiger partial charge is 0.252 e. The highest BCUT2D eigenvalue weighted by molar-refractivity contribution is 6.11. The molecule has 0 saturated carbocycles. The highest BCUT2D eigenvalue weighted by Gasteiger charge is 2.66. The summed E-state index contributed by atoms with van der Waals surface area (Å²) >= 11 is 0. The third kappa shape index (κ3) is 2.50. The Morgan fingerprint density at radius 1 is 1.10 bits per heavy atom. The van der Waals surface area contributed by atoms with Gasteiger partial charge in [-0.15, -0.1) is 0 Å². The number of para-hydroxylation sites is 1. The number of carbonyl (C=O) groups is 3. The number of carbonyl (C=O) groups excluding carboxylic acids is 3. The van der Waals surface area contributed by atoms with Gasteiger partial charge >= 0.3 is 0 Å². The van der Waals surface area contributed by atoms with E-state index in [1.165, 1.54) is 6.92 Å². The maximum absolute atomic E-state index is 13.7. The van der Waals surface area contributed by atoms with Crippen molar-refractivity contribution < 1.29 is 14.4 Å². The van der Waals surface area contributed by atoms with Crippen LogP contribution in [0.2, 0.25) is 0 Å². The van der Waals surface area contributed by atoms with Crippen LogP contribution in [0.25, 0.3) is 0 Å². The number of amides is 2. The van der Waals surface area contributed by atoms with Gasteiger partial charge in [-0.1, -0.05) is 18.2 Å². The normalized spacial score (nSPS) is 27.4. The van der Waals surface area contributed by atoms with E-state index in [-0.39, 0.29) is 23.6 Å². The molecule has 0 bridgehead atoms. The largest absolute Gasteiger partial charge is 0.326 e. The lowest BCUT2D eigenvalue weighted by atomic mass is 9.78. The molecule has 30 heavy (non-hydrogen) atoms. The zero-order chi connectivity index (χ0) is 21.0. The first-order valence-corrected chi connectivity index (χ1v) is 10.5. The summed E-state index contributed by atoms with van der Waals surface area (Å²) in [6, 6.07) is 15.0. The Morgan fingerprint density at radius 2 is 1.83 bits per heavy atom. The van der Waals surface area contributed by atoms with E-state index in [9.17, 15) is 14.4 Å². The molecule has 2 aromatic rings. The van der Waals surface area contributed by atoms with Crippen molar-refractivity contribution in [3.8, 4) is 0 Å². The first-order valence-electron chi connectivity index (χ1n) is 10.5. The van der Waals surface area contributed by atoms with Gasteiger partial charge in [-0.3, -0.25) is 19.3 Å². The van der Waals surface area contributed by atoms with E-state index >= 15 is 0 Å². The first kappa shape index (κ1) is 19.0. The van der Waals surface area contributed by atoms with Crippen LogP contribution in [-0.4, -0.2) is 42.1 Å². The molecule has 2 aromatic carbocycles. The Morgan fingerprint density at radius 3 is 2.57 bits per heavy atom. The predicted molar refractivity (Wildman–Crippen MR) is 114 cm³/mol. The van der Waals surface area contributed by atoms with Crippen molar-refractivity contribution in [3.63, 3.8) is 0 Å². The molecule has 6 nitrogen and oxygen atoms in total. The summed E-state index contributed by atoms with van der Waals surface area (Å²) in [5.74, 6) is -0.632. The van der Waals surface area contributed by atoms with E-state index < -0.39 is 11.5 Å². The van der Waals surface area contributed by atoms with Gasteiger partial charge in [0.25, 0.3) is 5.91 Å². The van der Waals surface area contributed by atoms with Gasteiger partial charge in [0.05, 0.1) is 5.92 Å². The number of rotatable bonds is 3. The molecule has 3 atom stereocenters. The van der Waals surface area contributed by atoms with Gasteiger partial charge < -0.3 is 10.2 Å². The zero-order valence-corrected chi connectivity index (χ0v) is 17.2. The number of nitrogens with zero attached hydrogens (tertiary/aromatic N) is 2. The Kier molecular flexibility index (Phi) is 4.29. The third-order valence-corrected chi connectivity index (χ3v) is 7.02. The van der Waals surface area contributed by atoms with Gasteiger partial charge in [-0.25, -0.2) is 0 Å². The van der Waals surface area contributed by atoms with Gasteiger partial charge in [-0.05, 0) is 63.1 Å². The molecule has 2 amide bonds. The van der Waals surface area contributed by atoms with Gasteiger partial charge in [0.1, 0.15) is 5.54 Å². The average molecular weight is 403 g/mol. The minimum atomic E-state index is -0.935. The molecule has 154 valence electrons. The SMILES string of the molecule is CC(=O)c1ccc(NC(=O)[C@@H]2C[C@H]3CCCN3[C@]23C(=O)N(C)c2ccccc23)cc1. The van der Waals surface area contributed by atoms with E-state index in [2.05, 4.69) is 10.2 Å². The standard InChI is InChI=1S/C24H25N3O3/c1-15(28)16-9-11-17(12-10-16)25-22(29)20-14-18-6-5-13-27(18)24(20)19-7-3-4-8-21(19)26(2)23(24)30/h3-4,7-12,18,20H,5-6,13-14H2,1-2H3,(H,25,29)/t18-,20+,24+/m1/s1. The van der Waals surface area contributed by atoms with Crippen molar-refractivity contribution in [2.75, 3.05) is 23.8 Å². The van der Waals surface area contributed by atoms with Crippen molar-refractivity contribution in [1.29, 1.82) is 0 Å². The van der Waals surface area contributed by atoms with Crippen LogP contribution in [0, 0.1) is 5.92 Å². The van der Waals surface area contributed by atoms with Gasteiger partial charge in [0, 0.05) is 35.6 Å². The number of hydrogen-bond donors (Lipinski definition) is 1. The summed E-state index contributed by atoms with van der Waals surface area (Å²) in [7, 11) is 1.80. The van der Waals surface area contributed by atoms with E-state index in [0.717, 1.165) is 30.6 Å². The summed E-state index contributed by atoms with van der Waals surface area (Å²) in [5.41, 5.74) is 2.13. The number of benzene rings is 2. The Labute approximate surface area is 175 Å². The van der Waals surface area contributed by atoms with E-state index in [1.807, 2.05) is 24.3 Å². The lowest BCUT2D eigenvalue weighted by Gasteiger charge is -2.37. The monoisotopic (exact) mass is 403 g/mol. The molecule has 3 aliphatic heterocycles. The average Bonchev–Trinajstić information content (AvgIpc) is 3.39. The number of Topliss-reactive ketones (excluding diaryl/α,β-unsaturated/α-hetero) is 1. The third-order valence-electron chi connectivity index (χ3n) is 7.02. The van der Waals surface area contributed by atoms with Crippen molar-refractivity contribution in [2.45, 2.75) is 37.8 Å². The zero-order valence-electron chi connectivity index (χ0n) is 17.2. The van der Waals surface area contributed by atoms with Crippen molar-refractivity contribution in [2.24, 2.45) is 5.92 Å². The minimum Gasteiger partial charge on any atom is -0.326 e. The maximum Gasteiger partial charge on any atom is 0.252 e. The van der Waals surface area contributed by atoms with Crippen molar-refractivity contribution >= 4 is 29.0 Å². The quantitative estimate of drug-likeness (QED) is 0.799. The molecule has 1 spiro atoms. The van der Waals surface area contributed by atoms with Crippen LogP contribution in [0.3, 0.4) is 0 Å². The molecule has 0 radical (unpaired) electrons. The van der Waals surface area contributed by atoms with Crippen LogP contribution < -0.4 is 10.2 Å².